The van der Waals surface area contributed by atoms with Crippen LogP contribution in [0.25, 0.3) is 0 Å². The number of halogens is 1. The van der Waals surface area contributed by atoms with Gasteiger partial charge in [-0.3, -0.25) is 0 Å². The Balaban J connectivity index is 1.76. The molecule has 1 aliphatic heterocycles. The minimum Gasteiger partial charge on any atom is -0.340 e. The average Bonchev–Trinajstić information content (AvgIpc) is 2.86. The first kappa shape index (κ1) is 8.65. The van der Waals surface area contributed by atoms with Crippen molar-refractivity contribution in [2.45, 2.75) is 11.8 Å². The van der Waals surface area contributed by atoms with E-state index in [0.29, 0.717) is 0 Å². The third-order valence-electron chi connectivity index (χ3n) is 3.11. The van der Waals surface area contributed by atoms with Gasteiger partial charge in [0.1, 0.15) is 0 Å². The molecule has 0 amide bonds. The molecule has 0 N–H and O–H groups in total. The van der Waals surface area contributed by atoms with Gasteiger partial charge in [0, 0.05) is 30.8 Å². The molecule has 3 rings (SSSR count). The molecule has 2 atom stereocenters. The molecule has 2 fully saturated rings. The molecule has 1 saturated carbocycles. The summed E-state index contributed by atoms with van der Waals surface area (Å²) in [7, 11) is 0. The minimum absolute atomic E-state index is 0.832. The maximum absolute atomic E-state index is 4.37. The topological polar surface area (TPSA) is 29.0 Å². The Labute approximate surface area is 91.7 Å². The summed E-state index contributed by atoms with van der Waals surface area (Å²) in [6.07, 6.45) is 5.23. The lowest BCUT2D eigenvalue weighted by Gasteiger charge is -2.17. The van der Waals surface area contributed by atoms with E-state index < -0.39 is 0 Å². The van der Waals surface area contributed by atoms with Gasteiger partial charge in [0.25, 0.3) is 0 Å². The van der Waals surface area contributed by atoms with E-state index in [1.165, 1.54) is 19.5 Å². The number of nitrogens with zero attached hydrogens (tertiary/aromatic N) is 3. The molecule has 0 spiro atoms. The minimum atomic E-state index is 0.832. The van der Waals surface area contributed by atoms with Crippen LogP contribution in [0.2, 0.25) is 0 Å². The van der Waals surface area contributed by atoms with Gasteiger partial charge in [-0.05, 0) is 23.8 Å². The van der Waals surface area contributed by atoms with Crippen LogP contribution in [0.15, 0.2) is 12.4 Å². The number of fused-ring (bicyclic) bond motifs is 1. The van der Waals surface area contributed by atoms with Crippen LogP contribution < -0.4 is 4.90 Å². The van der Waals surface area contributed by atoms with Crippen LogP contribution in [0.5, 0.6) is 0 Å². The summed E-state index contributed by atoms with van der Waals surface area (Å²) in [5, 5.41) is 0.832. The normalized spacial score (nSPS) is 29.1. The van der Waals surface area contributed by atoms with Crippen molar-refractivity contribution in [3.8, 4) is 0 Å². The van der Waals surface area contributed by atoms with E-state index in [1.54, 1.807) is 0 Å². The van der Waals surface area contributed by atoms with Crippen molar-refractivity contribution in [2.75, 3.05) is 18.0 Å². The van der Waals surface area contributed by atoms with Crippen LogP contribution in [0.3, 0.4) is 0 Å². The second-order valence-electron chi connectivity index (χ2n) is 4.19. The van der Waals surface area contributed by atoms with E-state index in [0.717, 1.165) is 28.7 Å². The molecule has 4 heteroatoms. The summed E-state index contributed by atoms with van der Waals surface area (Å²) in [6, 6.07) is 0. The number of hydrogen-bond acceptors (Lipinski definition) is 3. The molecule has 2 unspecified atom stereocenters. The Morgan fingerprint density at radius 3 is 2.50 bits per heavy atom. The van der Waals surface area contributed by atoms with Crippen molar-refractivity contribution in [1.82, 2.24) is 9.97 Å². The number of aromatic nitrogens is 2. The number of anilines is 1. The van der Waals surface area contributed by atoms with Crippen molar-refractivity contribution >= 4 is 21.9 Å². The Bertz CT molecular complexity index is 328. The zero-order valence-corrected chi connectivity index (χ0v) is 9.44. The number of rotatable bonds is 2. The number of alkyl halides is 1. The monoisotopic (exact) mass is 253 g/mol. The second-order valence-corrected chi connectivity index (χ2v) is 4.75. The first-order valence-electron chi connectivity index (χ1n) is 4.98. The predicted molar refractivity (Wildman–Crippen MR) is 58.5 cm³/mol. The fraction of sp³-hybridized carbons (Fsp3) is 0.600. The zero-order chi connectivity index (χ0) is 9.54. The van der Waals surface area contributed by atoms with E-state index in [1.807, 2.05) is 12.4 Å². The molecule has 14 heavy (non-hydrogen) atoms. The molecule has 3 nitrogen and oxygen atoms in total. The van der Waals surface area contributed by atoms with Crippen molar-refractivity contribution in [3.05, 3.63) is 18.0 Å². The maximum Gasteiger partial charge on any atom is 0.225 e. The third kappa shape index (κ3) is 1.41. The Morgan fingerprint density at radius 1 is 1.29 bits per heavy atom. The standard InChI is InChI=1S/C10H12BrN3/c11-2-7-3-12-10(13-4-7)14-5-8-1-9(8)6-14/h3-4,8-9H,1-2,5-6H2. The van der Waals surface area contributed by atoms with Crippen LogP contribution in [0.1, 0.15) is 12.0 Å². The Hall–Kier alpha value is -0.640. The van der Waals surface area contributed by atoms with Gasteiger partial charge in [-0.2, -0.15) is 0 Å². The summed E-state index contributed by atoms with van der Waals surface area (Å²) in [4.78, 5) is 11.0. The molecule has 1 aliphatic carbocycles. The molecular formula is C10H12BrN3. The number of piperidine rings is 1. The Kier molecular flexibility index (Phi) is 1.97. The van der Waals surface area contributed by atoms with Crippen molar-refractivity contribution in [1.29, 1.82) is 0 Å². The summed E-state index contributed by atoms with van der Waals surface area (Å²) in [5.41, 5.74) is 1.14. The van der Waals surface area contributed by atoms with Gasteiger partial charge in [-0.15, -0.1) is 0 Å². The highest BCUT2D eigenvalue weighted by Crippen LogP contribution is 2.45. The average molecular weight is 254 g/mol. The lowest BCUT2D eigenvalue weighted by atomic mass is 10.4. The van der Waals surface area contributed by atoms with Gasteiger partial charge in [0.05, 0.1) is 0 Å². The summed E-state index contributed by atoms with van der Waals surface area (Å²) in [6.45, 7) is 2.33. The Morgan fingerprint density at radius 2 is 1.93 bits per heavy atom. The lowest BCUT2D eigenvalue weighted by molar-refractivity contribution is 0.785. The zero-order valence-electron chi connectivity index (χ0n) is 7.86. The molecule has 0 bridgehead atoms. The van der Waals surface area contributed by atoms with Gasteiger partial charge >= 0.3 is 0 Å². The summed E-state index contributed by atoms with van der Waals surface area (Å²) < 4.78 is 0. The molecule has 1 saturated heterocycles. The van der Waals surface area contributed by atoms with Crippen molar-refractivity contribution in [2.24, 2.45) is 11.8 Å². The highest BCUT2D eigenvalue weighted by molar-refractivity contribution is 9.08. The summed E-state index contributed by atoms with van der Waals surface area (Å²) >= 11 is 3.39. The fourth-order valence-electron chi connectivity index (χ4n) is 2.14. The largest absolute Gasteiger partial charge is 0.340 e. The predicted octanol–water partition coefficient (Wildman–Crippen LogP) is 1.83. The van der Waals surface area contributed by atoms with Gasteiger partial charge in [0.2, 0.25) is 5.95 Å². The summed E-state index contributed by atoms with van der Waals surface area (Å²) in [5.74, 6) is 2.78. The second kappa shape index (κ2) is 3.19. The quantitative estimate of drug-likeness (QED) is 0.754. The first-order valence-corrected chi connectivity index (χ1v) is 6.11. The van der Waals surface area contributed by atoms with E-state index in [4.69, 9.17) is 0 Å². The van der Waals surface area contributed by atoms with Crippen molar-refractivity contribution in [3.63, 3.8) is 0 Å². The van der Waals surface area contributed by atoms with Crippen molar-refractivity contribution < 1.29 is 0 Å². The highest BCUT2D eigenvalue weighted by Gasteiger charge is 2.45. The molecule has 1 aromatic rings. The van der Waals surface area contributed by atoms with E-state index in [-0.39, 0.29) is 0 Å². The first-order chi connectivity index (χ1) is 6.86. The molecule has 2 aliphatic rings. The van der Waals surface area contributed by atoms with Gasteiger partial charge in [-0.1, -0.05) is 15.9 Å². The van der Waals surface area contributed by atoms with Crippen LogP contribution in [-0.2, 0) is 5.33 Å². The molecule has 0 aromatic carbocycles. The molecular weight excluding hydrogens is 242 g/mol. The van der Waals surface area contributed by atoms with E-state index >= 15 is 0 Å². The molecule has 1 aromatic heterocycles. The highest BCUT2D eigenvalue weighted by atomic mass is 79.9. The molecule has 74 valence electrons. The van der Waals surface area contributed by atoms with Gasteiger partial charge in [-0.25, -0.2) is 9.97 Å². The fourth-order valence-corrected chi connectivity index (χ4v) is 2.43. The smallest absolute Gasteiger partial charge is 0.225 e. The lowest BCUT2D eigenvalue weighted by Crippen LogP contribution is -2.23. The van der Waals surface area contributed by atoms with Crippen LogP contribution in [-0.4, -0.2) is 23.1 Å². The van der Waals surface area contributed by atoms with E-state index in [9.17, 15) is 0 Å². The third-order valence-corrected chi connectivity index (χ3v) is 3.76. The van der Waals surface area contributed by atoms with E-state index in [2.05, 4.69) is 30.8 Å². The van der Waals surface area contributed by atoms with Crippen LogP contribution >= 0.6 is 15.9 Å². The number of hydrogen-bond donors (Lipinski definition) is 0. The molecule has 2 heterocycles. The van der Waals surface area contributed by atoms with Crippen LogP contribution in [0.4, 0.5) is 5.95 Å². The van der Waals surface area contributed by atoms with Gasteiger partial charge in [0.15, 0.2) is 0 Å². The maximum atomic E-state index is 4.37. The SMILES string of the molecule is BrCc1cnc(N2CC3CC3C2)nc1. The molecule has 0 radical (unpaired) electrons. The van der Waals surface area contributed by atoms with Gasteiger partial charge < -0.3 is 4.90 Å². The van der Waals surface area contributed by atoms with Crippen LogP contribution in [0, 0.1) is 11.8 Å².